The molecule has 1 rings (SSSR count). The Morgan fingerprint density at radius 3 is 1.92 bits per heavy atom. The van der Waals surface area contributed by atoms with E-state index in [-0.39, 0.29) is 25.9 Å². The number of sulfonamides is 1. The first-order valence-electron chi connectivity index (χ1n) is 6.74. The zero-order valence-electron chi connectivity index (χ0n) is 13.2. The second kappa shape index (κ2) is 6.77. The third kappa shape index (κ3) is 4.00. The average molecular weight is 397 g/mol. The van der Waals surface area contributed by atoms with E-state index < -0.39 is 42.5 Å². The fourth-order valence-electron chi connectivity index (χ4n) is 2.08. The summed E-state index contributed by atoms with van der Waals surface area (Å²) in [5, 5.41) is 0. The van der Waals surface area contributed by atoms with E-state index in [4.69, 9.17) is 0 Å². The highest BCUT2D eigenvalue weighted by molar-refractivity contribution is 7.91. The van der Waals surface area contributed by atoms with Crippen LogP contribution in [0.3, 0.4) is 0 Å². The molecule has 0 radical (unpaired) electrons. The van der Waals surface area contributed by atoms with Crippen molar-refractivity contribution < 1.29 is 43.7 Å². The number of carbonyl (C=O) groups excluding carboxylic acids is 1. The number of hydrogen-bond acceptors (Lipinski definition) is 7. The van der Waals surface area contributed by atoms with Crippen LogP contribution in [0.25, 0.3) is 0 Å². The number of carbonyl (C=O) groups is 1. The van der Waals surface area contributed by atoms with Crippen LogP contribution in [0.1, 0.15) is 26.7 Å². The molecule has 1 heterocycles. The number of halogens is 3. The fraction of sp³-hybridized carbons (Fsp3) is 0.909. The molecule has 1 aliphatic rings. The van der Waals surface area contributed by atoms with E-state index >= 15 is 0 Å². The summed E-state index contributed by atoms with van der Waals surface area (Å²) in [6, 6.07) is 0. The van der Waals surface area contributed by atoms with Crippen molar-refractivity contribution in [1.29, 1.82) is 0 Å². The second-order valence-corrected chi connectivity index (χ2v) is 9.65. The molecule has 0 atom stereocenters. The summed E-state index contributed by atoms with van der Waals surface area (Å²) in [6.07, 6.45) is -1.80. The predicted octanol–water partition coefficient (Wildman–Crippen LogP) is 0.598. The number of hydrogen-bond donors (Lipinski definition) is 0. The van der Waals surface area contributed by atoms with Gasteiger partial charge >= 0.3 is 21.6 Å². The molecule has 0 aromatic heterocycles. The van der Waals surface area contributed by atoms with Crippen LogP contribution in [-0.4, -0.2) is 63.7 Å². The van der Waals surface area contributed by atoms with Gasteiger partial charge in [-0.3, -0.25) is 8.98 Å². The Kier molecular flexibility index (Phi) is 5.96. The third-order valence-electron chi connectivity index (χ3n) is 3.61. The number of ether oxygens (including phenoxy) is 1. The molecule has 13 heteroatoms. The zero-order valence-corrected chi connectivity index (χ0v) is 14.8. The largest absolute Gasteiger partial charge is 0.523 e. The molecule has 0 N–H and O–H groups in total. The lowest BCUT2D eigenvalue weighted by molar-refractivity contribution is -0.142. The molecule has 0 unspecified atom stereocenters. The summed E-state index contributed by atoms with van der Waals surface area (Å²) >= 11 is 0. The highest BCUT2D eigenvalue weighted by atomic mass is 32.2. The lowest BCUT2D eigenvalue weighted by Gasteiger charge is -2.35. The fourth-order valence-corrected chi connectivity index (χ4v) is 4.37. The SMILES string of the molecule is COC(=O)C(C)(C)S(=O)(=O)N1CCC(OS(=O)(=O)C(F)(F)F)CC1. The van der Waals surface area contributed by atoms with Crippen molar-refractivity contribution in [2.45, 2.75) is 43.0 Å². The lowest BCUT2D eigenvalue weighted by atomic mass is 10.1. The van der Waals surface area contributed by atoms with E-state index in [2.05, 4.69) is 8.92 Å². The van der Waals surface area contributed by atoms with Crippen molar-refractivity contribution >= 4 is 26.1 Å². The maximum Gasteiger partial charge on any atom is 0.523 e. The minimum atomic E-state index is -5.74. The van der Waals surface area contributed by atoms with Crippen LogP contribution in [0, 0.1) is 0 Å². The topological polar surface area (TPSA) is 107 Å². The number of piperidine rings is 1. The number of esters is 1. The Balaban J connectivity index is 2.81. The molecule has 0 aliphatic carbocycles. The van der Waals surface area contributed by atoms with Gasteiger partial charge in [0.2, 0.25) is 10.0 Å². The molecule has 0 saturated carbocycles. The predicted molar refractivity (Wildman–Crippen MR) is 75.7 cm³/mol. The Morgan fingerprint density at radius 1 is 1.08 bits per heavy atom. The summed E-state index contributed by atoms with van der Waals surface area (Å²) in [4.78, 5) is 11.6. The second-order valence-electron chi connectivity index (χ2n) is 5.60. The average Bonchev–Trinajstić information content (AvgIpc) is 2.45. The van der Waals surface area contributed by atoms with Gasteiger partial charge in [-0.25, -0.2) is 12.7 Å². The van der Waals surface area contributed by atoms with E-state index in [1.165, 1.54) is 0 Å². The quantitative estimate of drug-likeness (QED) is 0.380. The molecule has 0 amide bonds. The maximum atomic E-state index is 12.4. The van der Waals surface area contributed by atoms with Crippen molar-refractivity contribution in [3.05, 3.63) is 0 Å². The van der Waals surface area contributed by atoms with Gasteiger partial charge in [0.15, 0.2) is 4.75 Å². The molecular formula is C11H18F3NO7S2. The number of methoxy groups -OCH3 is 1. The molecule has 24 heavy (non-hydrogen) atoms. The van der Waals surface area contributed by atoms with E-state index in [0.29, 0.717) is 0 Å². The first kappa shape index (κ1) is 21.1. The van der Waals surface area contributed by atoms with Gasteiger partial charge in [-0.2, -0.15) is 21.6 Å². The smallest absolute Gasteiger partial charge is 0.468 e. The third-order valence-corrected chi connectivity index (χ3v) is 7.20. The van der Waals surface area contributed by atoms with Gasteiger partial charge in [-0.1, -0.05) is 0 Å². The van der Waals surface area contributed by atoms with Gasteiger partial charge in [0.05, 0.1) is 13.2 Å². The van der Waals surface area contributed by atoms with Crippen LogP contribution in [0.4, 0.5) is 13.2 Å². The zero-order chi connectivity index (χ0) is 19.0. The Morgan fingerprint density at radius 2 is 1.54 bits per heavy atom. The monoisotopic (exact) mass is 397 g/mol. The highest BCUT2D eigenvalue weighted by Crippen LogP contribution is 2.30. The van der Waals surface area contributed by atoms with Crippen molar-refractivity contribution in [3.63, 3.8) is 0 Å². The van der Waals surface area contributed by atoms with Crippen molar-refractivity contribution in [2.24, 2.45) is 0 Å². The van der Waals surface area contributed by atoms with Crippen molar-refractivity contribution in [1.82, 2.24) is 4.31 Å². The van der Waals surface area contributed by atoms with Gasteiger partial charge in [0.25, 0.3) is 0 Å². The van der Waals surface area contributed by atoms with Gasteiger partial charge < -0.3 is 4.74 Å². The minimum Gasteiger partial charge on any atom is -0.468 e. The maximum absolute atomic E-state index is 12.4. The molecule has 1 saturated heterocycles. The Labute approximate surface area is 138 Å². The Bertz CT molecular complexity index is 677. The molecule has 1 fully saturated rings. The van der Waals surface area contributed by atoms with Crippen LogP contribution in [0.5, 0.6) is 0 Å². The molecule has 0 bridgehead atoms. The van der Waals surface area contributed by atoms with Crippen LogP contribution in [-0.2, 0) is 33.9 Å². The van der Waals surface area contributed by atoms with Crippen LogP contribution < -0.4 is 0 Å². The van der Waals surface area contributed by atoms with E-state index in [9.17, 15) is 34.8 Å². The summed E-state index contributed by atoms with van der Waals surface area (Å²) in [5.41, 5.74) is -5.54. The summed E-state index contributed by atoms with van der Waals surface area (Å²) in [7, 11) is -8.85. The van der Waals surface area contributed by atoms with E-state index in [0.717, 1.165) is 25.3 Å². The highest BCUT2D eigenvalue weighted by Gasteiger charge is 2.50. The van der Waals surface area contributed by atoms with Gasteiger partial charge in [0.1, 0.15) is 0 Å². The van der Waals surface area contributed by atoms with Crippen molar-refractivity contribution in [3.8, 4) is 0 Å². The van der Waals surface area contributed by atoms with Gasteiger partial charge in [-0.15, -0.1) is 0 Å². The molecule has 8 nitrogen and oxygen atoms in total. The molecule has 0 aromatic carbocycles. The van der Waals surface area contributed by atoms with Crippen LogP contribution in [0.15, 0.2) is 0 Å². The van der Waals surface area contributed by atoms with Gasteiger partial charge in [-0.05, 0) is 26.7 Å². The van der Waals surface area contributed by atoms with Crippen molar-refractivity contribution in [2.75, 3.05) is 20.2 Å². The summed E-state index contributed by atoms with van der Waals surface area (Å²) in [5.74, 6) is -0.986. The molecule has 1 aliphatic heterocycles. The molecule has 142 valence electrons. The minimum absolute atomic E-state index is 0.258. The molecular weight excluding hydrogens is 379 g/mol. The first-order chi connectivity index (χ1) is 10.7. The van der Waals surface area contributed by atoms with Crippen LogP contribution in [0.2, 0.25) is 0 Å². The van der Waals surface area contributed by atoms with E-state index in [1.807, 2.05) is 0 Å². The first-order valence-corrected chi connectivity index (χ1v) is 9.59. The summed E-state index contributed by atoms with van der Waals surface area (Å²) < 4.78 is 91.1. The normalized spacial score (nSPS) is 19.2. The summed E-state index contributed by atoms with van der Waals surface area (Å²) in [6.45, 7) is 1.73. The number of nitrogens with zero attached hydrogens (tertiary/aromatic N) is 1. The Hall–Kier alpha value is -0.920. The number of rotatable bonds is 5. The van der Waals surface area contributed by atoms with Crippen LogP contribution >= 0.6 is 0 Å². The standard InChI is InChI=1S/C11H18F3NO7S2/c1-10(2,9(16)21-3)23(17,18)15-6-4-8(5-7-15)22-24(19,20)11(12,13)14/h8H,4-7H2,1-3H3. The number of alkyl halides is 3. The molecule has 0 spiro atoms. The van der Waals surface area contributed by atoms with Gasteiger partial charge in [0, 0.05) is 13.1 Å². The molecule has 0 aromatic rings. The lowest BCUT2D eigenvalue weighted by Crippen LogP contribution is -2.53. The van der Waals surface area contributed by atoms with E-state index in [1.54, 1.807) is 0 Å².